The third-order valence-corrected chi connectivity index (χ3v) is 7.24. The van der Waals surface area contributed by atoms with Crippen LogP contribution in [0.1, 0.15) is 28.4 Å². The van der Waals surface area contributed by atoms with Crippen LogP contribution >= 0.6 is 0 Å². The van der Waals surface area contributed by atoms with Gasteiger partial charge in [-0.3, -0.25) is 4.90 Å². The Bertz CT molecular complexity index is 981. The number of aryl methyl sites for hydroxylation is 1. The number of carbonyl (C=O) groups is 1. The summed E-state index contributed by atoms with van der Waals surface area (Å²) < 4.78 is 37.9. The Morgan fingerprint density at radius 1 is 1.03 bits per heavy atom. The lowest BCUT2D eigenvalue weighted by Crippen LogP contribution is -2.48. The molecule has 3 rings (SSSR count). The number of carbonyl (C=O) groups excluding carboxylic acids is 1. The van der Waals surface area contributed by atoms with Gasteiger partial charge in [0.15, 0.2) is 0 Å². The van der Waals surface area contributed by atoms with Gasteiger partial charge in [0.05, 0.1) is 24.2 Å². The van der Waals surface area contributed by atoms with Crippen molar-refractivity contribution in [2.24, 2.45) is 0 Å². The molecule has 1 saturated heterocycles. The van der Waals surface area contributed by atoms with Crippen LogP contribution < -0.4 is 4.74 Å². The van der Waals surface area contributed by atoms with E-state index in [9.17, 15) is 13.2 Å². The molecule has 0 radical (unpaired) electrons. The second kappa shape index (κ2) is 9.59. The van der Waals surface area contributed by atoms with E-state index in [0.717, 1.165) is 12.3 Å². The van der Waals surface area contributed by atoms with Crippen LogP contribution in [-0.2, 0) is 21.3 Å². The van der Waals surface area contributed by atoms with Crippen molar-refractivity contribution in [1.82, 2.24) is 9.21 Å². The molecule has 0 spiro atoms. The number of nitrogens with zero attached hydrogens (tertiary/aromatic N) is 2. The summed E-state index contributed by atoms with van der Waals surface area (Å²) in [6, 6.07) is 12.5. The van der Waals surface area contributed by atoms with Gasteiger partial charge >= 0.3 is 5.97 Å². The molecule has 0 aromatic heterocycles. The van der Waals surface area contributed by atoms with E-state index in [1.807, 2.05) is 31.2 Å². The maximum Gasteiger partial charge on any atom is 0.337 e. The fourth-order valence-electron chi connectivity index (χ4n) is 3.57. The summed E-state index contributed by atoms with van der Waals surface area (Å²) in [4.78, 5) is 14.1. The molecule has 30 heavy (non-hydrogen) atoms. The maximum atomic E-state index is 13.1. The summed E-state index contributed by atoms with van der Waals surface area (Å²) in [6.07, 6.45) is 0. The smallest absolute Gasteiger partial charge is 0.337 e. The summed E-state index contributed by atoms with van der Waals surface area (Å²) in [5.41, 5.74) is 2.05. The predicted molar refractivity (Wildman–Crippen MR) is 114 cm³/mol. The highest BCUT2D eigenvalue weighted by molar-refractivity contribution is 7.89. The lowest BCUT2D eigenvalue weighted by Gasteiger charge is -2.34. The minimum atomic E-state index is -3.61. The molecule has 2 aromatic rings. The second-order valence-electron chi connectivity index (χ2n) is 7.23. The average Bonchev–Trinajstić information content (AvgIpc) is 2.75. The average molecular weight is 433 g/mol. The molecular weight excluding hydrogens is 404 g/mol. The van der Waals surface area contributed by atoms with E-state index < -0.39 is 16.0 Å². The molecule has 0 bridgehead atoms. The summed E-state index contributed by atoms with van der Waals surface area (Å²) in [7, 11) is -2.31. The van der Waals surface area contributed by atoms with Gasteiger partial charge in [0.1, 0.15) is 5.75 Å². The number of hydrogen-bond donors (Lipinski definition) is 0. The van der Waals surface area contributed by atoms with Gasteiger partial charge in [0, 0.05) is 32.7 Å². The molecule has 1 heterocycles. The molecule has 0 unspecified atom stereocenters. The van der Waals surface area contributed by atoms with Crippen molar-refractivity contribution in [1.29, 1.82) is 0 Å². The third-order valence-electron chi connectivity index (χ3n) is 5.19. The SMILES string of the molecule is CCOc1ccc(CN2CCN(S(=O)(=O)c3ccc(C(=O)OC)cc3C)CC2)cc1. The fraction of sp³-hybridized carbons (Fsp3) is 0.409. The standard InChI is InChI=1S/C22H28N2O5S/c1-4-29-20-8-5-18(6-9-20)16-23-11-13-24(14-12-23)30(26,27)21-10-7-19(15-17(21)2)22(25)28-3/h5-10,15H,4,11-14,16H2,1-3H3. The van der Waals surface area contributed by atoms with Crippen molar-refractivity contribution >= 4 is 16.0 Å². The number of esters is 1. The van der Waals surface area contributed by atoms with E-state index in [2.05, 4.69) is 4.90 Å². The Kier molecular flexibility index (Phi) is 7.12. The van der Waals surface area contributed by atoms with Crippen molar-refractivity contribution in [2.75, 3.05) is 39.9 Å². The van der Waals surface area contributed by atoms with Crippen molar-refractivity contribution in [3.8, 4) is 5.75 Å². The lowest BCUT2D eigenvalue weighted by atomic mass is 10.1. The van der Waals surface area contributed by atoms with E-state index in [-0.39, 0.29) is 4.90 Å². The number of rotatable bonds is 7. The molecule has 1 fully saturated rings. The van der Waals surface area contributed by atoms with Crippen molar-refractivity contribution in [3.63, 3.8) is 0 Å². The van der Waals surface area contributed by atoms with Gasteiger partial charge in [-0.25, -0.2) is 13.2 Å². The number of hydrogen-bond acceptors (Lipinski definition) is 6. The first-order valence-electron chi connectivity index (χ1n) is 9.98. The van der Waals surface area contributed by atoms with Crippen LogP contribution in [0.5, 0.6) is 5.75 Å². The molecule has 0 amide bonds. The predicted octanol–water partition coefficient (Wildman–Crippen LogP) is 2.69. The second-order valence-corrected chi connectivity index (χ2v) is 9.14. The number of ether oxygens (including phenoxy) is 2. The Balaban J connectivity index is 1.63. The Labute approximate surface area is 178 Å². The summed E-state index contributed by atoms with van der Waals surface area (Å²) >= 11 is 0. The van der Waals surface area contributed by atoms with Gasteiger partial charge in [-0.15, -0.1) is 0 Å². The largest absolute Gasteiger partial charge is 0.494 e. The van der Waals surface area contributed by atoms with Crippen molar-refractivity contribution in [2.45, 2.75) is 25.3 Å². The van der Waals surface area contributed by atoms with E-state index in [1.165, 1.54) is 29.1 Å². The normalized spacial score (nSPS) is 15.7. The zero-order valence-corrected chi connectivity index (χ0v) is 18.4. The summed E-state index contributed by atoms with van der Waals surface area (Å²) in [6.45, 7) is 7.23. The molecule has 0 aliphatic carbocycles. The number of benzene rings is 2. The zero-order valence-electron chi connectivity index (χ0n) is 17.6. The minimum absolute atomic E-state index is 0.232. The van der Waals surface area contributed by atoms with Gasteiger partial charge < -0.3 is 9.47 Å². The van der Waals surface area contributed by atoms with Crippen LogP contribution in [0.15, 0.2) is 47.4 Å². The molecular formula is C22H28N2O5S. The van der Waals surface area contributed by atoms with Gasteiger partial charge in [-0.2, -0.15) is 4.31 Å². The topological polar surface area (TPSA) is 76.2 Å². The van der Waals surface area contributed by atoms with E-state index in [0.29, 0.717) is 43.9 Å². The van der Waals surface area contributed by atoms with Crippen LogP contribution in [0.25, 0.3) is 0 Å². The van der Waals surface area contributed by atoms with Crippen LogP contribution in [0, 0.1) is 6.92 Å². The first-order chi connectivity index (χ1) is 14.3. The van der Waals surface area contributed by atoms with E-state index in [1.54, 1.807) is 13.0 Å². The van der Waals surface area contributed by atoms with E-state index >= 15 is 0 Å². The van der Waals surface area contributed by atoms with Crippen LogP contribution in [0.2, 0.25) is 0 Å². The maximum absolute atomic E-state index is 13.1. The number of piperazine rings is 1. The molecule has 8 heteroatoms. The Hall–Kier alpha value is -2.42. The molecule has 0 N–H and O–H groups in total. The molecule has 7 nitrogen and oxygen atoms in total. The van der Waals surface area contributed by atoms with Gasteiger partial charge in [-0.05, 0) is 55.3 Å². The van der Waals surface area contributed by atoms with Gasteiger partial charge in [0.25, 0.3) is 0 Å². The summed E-state index contributed by atoms with van der Waals surface area (Å²) in [5.74, 6) is 0.371. The molecule has 162 valence electrons. The molecule has 0 atom stereocenters. The Morgan fingerprint density at radius 3 is 2.27 bits per heavy atom. The van der Waals surface area contributed by atoms with Crippen molar-refractivity contribution in [3.05, 3.63) is 59.2 Å². The molecule has 1 aliphatic heterocycles. The van der Waals surface area contributed by atoms with Gasteiger partial charge in [-0.1, -0.05) is 12.1 Å². The monoisotopic (exact) mass is 432 g/mol. The lowest BCUT2D eigenvalue weighted by molar-refractivity contribution is 0.0600. The first kappa shape index (κ1) is 22.3. The fourth-order valence-corrected chi connectivity index (χ4v) is 5.19. The van der Waals surface area contributed by atoms with Crippen LogP contribution in [0.4, 0.5) is 0 Å². The van der Waals surface area contributed by atoms with E-state index in [4.69, 9.17) is 9.47 Å². The Morgan fingerprint density at radius 2 is 1.70 bits per heavy atom. The molecule has 2 aromatic carbocycles. The molecule has 0 saturated carbocycles. The highest BCUT2D eigenvalue weighted by Gasteiger charge is 2.30. The van der Waals surface area contributed by atoms with Crippen molar-refractivity contribution < 1.29 is 22.7 Å². The summed E-state index contributed by atoms with van der Waals surface area (Å²) in [5, 5.41) is 0. The van der Waals surface area contributed by atoms with Crippen LogP contribution in [0.3, 0.4) is 0 Å². The highest BCUT2D eigenvalue weighted by Crippen LogP contribution is 2.23. The van der Waals surface area contributed by atoms with Crippen LogP contribution in [-0.4, -0.2) is 63.5 Å². The number of methoxy groups -OCH3 is 1. The zero-order chi connectivity index (χ0) is 21.7. The molecule has 1 aliphatic rings. The first-order valence-corrected chi connectivity index (χ1v) is 11.4. The van der Waals surface area contributed by atoms with Gasteiger partial charge in [0.2, 0.25) is 10.0 Å². The highest BCUT2D eigenvalue weighted by atomic mass is 32.2. The quantitative estimate of drug-likeness (QED) is 0.626. The third kappa shape index (κ3) is 5.00. The minimum Gasteiger partial charge on any atom is -0.494 e. The number of sulfonamides is 1.